The van der Waals surface area contributed by atoms with Gasteiger partial charge in [0.05, 0.1) is 0 Å². The second kappa shape index (κ2) is 7.49. The van der Waals surface area contributed by atoms with Gasteiger partial charge in [0.1, 0.15) is 17.6 Å². The van der Waals surface area contributed by atoms with Gasteiger partial charge >= 0.3 is 0 Å². The van der Waals surface area contributed by atoms with Crippen LogP contribution < -0.4 is 10.1 Å². The Morgan fingerprint density at radius 3 is 2.54 bits per heavy atom. The molecule has 0 heterocycles. The highest BCUT2D eigenvalue weighted by atomic mass is 32.2. The van der Waals surface area contributed by atoms with Gasteiger partial charge < -0.3 is 10.1 Å². The average Bonchev–Trinajstić information content (AvgIpc) is 2.52. The van der Waals surface area contributed by atoms with Gasteiger partial charge in [-0.3, -0.25) is 4.79 Å². The molecule has 0 bridgehead atoms. The lowest BCUT2D eigenvalue weighted by Crippen LogP contribution is -2.31. The molecule has 0 aromatic heterocycles. The van der Waals surface area contributed by atoms with E-state index in [0.29, 0.717) is 18.0 Å². The zero-order valence-corrected chi connectivity index (χ0v) is 14.8. The van der Waals surface area contributed by atoms with E-state index in [0.717, 1.165) is 17.4 Å². The maximum atomic E-state index is 12.0. The molecule has 0 aliphatic carbocycles. The highest BCUT2D eigenvalue weighted by molar-refractivity contribution is 7.92. The van der Waals surface area contributed by atoms with E-state index in [1.54, 1.807) is 24.3 Å². The summed E-state index contributed by atoms with van der Waals surface area (Å²) in [6.07, 6.45) is 1.04. The van der Waals surface area contributed by atoms with E-state index in [1.165, 1.54) is 6.92 Å². The van der Waals surface area contributed by atoms with Gasteiger partial charge in [-0.2, -0.15) is 0 Å². The topological polar surface area (TPSA) is 72.5 Å². The molecule has 1 N–H and O–H groups in total. The van der Waals surface area contributed by atoms with Crippen LogP contribution in [0.2, 0.25) is 0 Å². The maximum Gasteiger partial charge on any atom is 0.242 e. The molecule has 0 spiro atoms. The van der Waals surface area contributed by atoms with E-state index in [4.69, 9.17) is 4.74 Å². The van der Waals surface area contributed by atoms with E-state index in [9.17, 15) is 13.2 Å². The molecule has 1 atom stereocenters. The normalized spacial score (nSPS) is 12.5. The van der Waals surface area contributed by atoms with Gasteiger partial charge in [-0.1, -0.05) is 35.9 Å². The molecule has 2 aromatic rings. The number of hydrogen-bond acceptors (Lipinski definition) is 4. The smallest absolute Gasteiger partial charge is 0.242 e. The summed E-state index contributed by atoms with van der Waals surface area (Å²) in [5, 5.41) is 1.50. The lowest BCUT2D eigenvalue weighted by Gasteiger charge is -2.12. The van der Waals surface area contributed by atoms with Crippen molar-refractivity contribution < 1.29 is 17.9 Å². The maximum absolute atomic E-state index is 12.0. The number of benzene rings is 2. The molecule has 2 rings (SSSR count). The third kappa shape index (κ3) is 5.09. The van der Waals surface area contributed by atoms with Crippen molar-refractivity contribution in [1.82, 2.24) is 0 Å². The molecule has 0 fully saturated rings. The summed E-state index contributed by atoms with van der Waals surface area (Å²) in [7, 11) is -3.43. The Morgan fingerprint density at radius 2 is 1.88 bits per heavy atom. The van der Waals surface area contributed by atoms with E-state index >= 15 is 0 Å². The van der Waals surface area contributed by atoms with Gasteiger partial charge in [0.2, 0.25) is 5.91 Å². The molecule has 1 amide bonds. The Balaban J connectivity index is 2.02. The van der Waals surface area contributed by atoms with Crippen LogP contribution in [0.3, 0.4) is 0 Å². The highest BCUT2D eigenvalue weighted by Crippen LogP contribution is 2.19. The fourth-order valence-electron chi connectivity index (χ4n) is 2.07. The minimum atomic E-state index is -3.43. The molecular formula is C18H21NO4S. The first kappa shape index (κ1) is 18.0. The molecule has 2 aromatic carbocycles. The number of carbonyl (C=O) groups is 1. The third-order valence-electron chi connectivity index (χ3n) is 3.60. The summed E-state index contributed by atoms with van der Waals surface area (Å²) in [5.41, 5.74) is 2.71. The predicted molar refractivity (Wildman–Crippen MR) is 94.9 cm³/mol. The molecule has 6 heteroatoms. The van der Waals surface area contributed by atoms with Crippen molar-refractivity contribution in [1.29, 1.82) is 0 Å². The molecule has 0 unspecified atom stereocenters. The van der Waals surface area contributed by atoms with Gasteiger partial charge in [0.15, 0.2) is 9.84 Å². The minimum Gasteiger partial charge on any atom is -0.489 e. The number of hydrogen-bond donors (Lipinski definition) is 1. The number of carbonyl (C=O) groups excluding carboxylic acids is 1. The SMILES string of the molecule is Cc1cccc(COc2cccc(NC(=O)[C@H](C)S(C)(=O)=O)c2)c1. The Bertz CT molecular complexity index is 830. The van der Waals surface area contributed by atoms with Crippen LogP contribution in [-0.2, 0) is 21.2 Å². The number of sulfone groups is 1. The number of aryl methyl sites for hydroxylation is 1. The van der Waals surface area contributed by atoms with Crippen molar-refractivity contribution in [3.05, 3.63) is 59.7 Å². The number of rotatable bonds is 6. The first-order valence-electron chi connectivity index (χ1n) is 7.54. The molecular weight excluding hydrogens is 326 g/mol. The van der Waals surface area contributed by atoms with E-state index in [-0.39, 0.29) is 0 Å². The van der Waals surface area contributed by atoms with Crippen molar-refractivity contribution >= 4 is 21.4 Å². The Labute approximate surface area is 142 Å². The van der Waals surface area contributed by atoms with E-state index in [2.05, 4.69) is 5.32 Å². The Hall–Kier alpha value is -2.34. The fraction of sp³-hybridized carbons (Fsp3) is 0.278. The average molecular weight is 347 g/mol. The molecule has 0 radical (unpaired) electrons. The lowest BCUT2D eigenvalue weighted by molar-refractivity contribution is -0.115. The van der Waals surface area contributed by atoms with Gasteiger partial charge in [0.25, 0.3) is 0 Å². The number of anilines is 1. The van der Waals surface area contributed by atoms with Gasteiger partial charge in [-0.25, -0.2) is 8.42 Å². The van der Waals surface area contributed by atoms with Crippen LogP contribution in [0.1, 0.15) is 18.1 Å². The molecule has 128 valence electrons. The first-order valence-corrected chi connectivity index (χ1v) is 9.49. The van der Waals surface area contributed by atoms with Crippen molar-refractivity contribution in [2.75, 3.05) is 11.6 Å². The van der Waals surface area contributed by atoms with Crippen LogP contribution in [0.15, 0.2) is 48.5 Å². The number of nitrogens with one attached hydrogen (secondary N) is 1. The highest BCUT2D eigenvalue weighted by Gasteiger charge is 2.23. The number of ether oxygens (including phenoxy) is 1. The Kier molecular flexibility index (Phi) is 5.62. The second-order valence-corrected chi connectivity index (χ2v) is 8.13. The van der Waals surface area contributed by atoms with Gasteiger partial charge in [-0.15, -0.1) is 0 Å². The number of amides is 1. The van der Waals surface area contributed by atoms with E-state index < -0.39 is 21.0 Å². The van der Waals surface area contributed by atoms with Crippen LogP contribution in [0.25, 0.3) is 0 Å². The largest absolute Gasteiger partial charge is 0.489 e. The van der Waals surface area contributed by atoms with Gasteiger partial charge in [0, 0.05) is 18.0 Å². The van der Waals surface area contributed by atoms with Crippen LogP contribution >= 0.6 is 0 Å². The van der Waals surface area contributed by atoms with Crippen LogP contribution in [0.4, 0.5) is 5.69 Å². The predicted octanol–water partition coefficient (Wildman–Crippen LogP) is 2.95. The molecule has 0 saturated heterocycles. The zero-order chi connectivity index (χ0) is 17.7. The summed E-state index contributed by atoms with van der Waals surface area (Å²) >= 11 is 0. The molecule has 0 aliphatic heterocycles. The summed E-state index contributed by atoms with van der Waals surface area (Å²) in [6, 6.07) is 14.9. The molecule has 0 saturated carbocycles. The summed E-state index contributed by atoms with van der Waals surface area (Å²) < 4.78 is 28.6. The zero-order valence-electron chi connectivity index (χ0n) is 13.9. The third-order valence-corrected chi connectivity index (χ3v) is 5.10. The van der Waals surface area contributed by atoms with Crippen molar-refractivity contribution in [3.8, 4) is 5.75 Å². The van der Waals surface area contributed by atoms with Gasteiger partial charge in [-0.05, 0) is 31.5 Å². The van der Waals surface area contributed by atoms with Crippen molar-refractivity contribution in [2.45, 2.75) is 25.7 Å². The quantitative estimate of drug-likeness (QED) is 0.872. The standard InChI is InChI=1S/C18H21NO4S/c1-13-6-4-7-15(10-13)12-23-17-9-5-8-16(11-17)19-18(20)14(2)24(3,21)22/h4-11,14H,12H2,1-3H3,(H,19,20)/t14-/m0/s1. The van der Waals surface area contributed by atoms with Crippen LogP contribution in [-0.4, -0.2) is 25.8 Å². The molecule has 5 nitrogen and oxygen atoms in total. The van der Waals surface area contributed by atoms with E-state index in [1.807, 2.05) is 31.2 Å². The van der Waals surface area contributed by atoms with Crippen LogP contribution in [0, 0.1) is 6.92 Å². The fourth-order valence-corrected chi connectivity index (χ4v) is 2.52. The lowest BCUT2D eigenvalue weighted by atomic mass is 10.1. The summed E-state index contributed by atoms with van der Waals surface area (Å²) in [6.45, 7) is 3.80. The monoisotopic (exact) mass is 347 g/mol. The second-order valence-electron chi connectivity index (χ2n) is 5.77. The molecule has 24 heavy (non-hydrogen) atoms. The molecule has 0 aliphatic rings. The minimum absolute atomic E-state index is 0.415. The summed E-state index contributed by atoms with van der Waals surface area (Å²) in [4.78, 5) is 12.0. The first-order chi connectivity index (χ1) is 11.3. The van der Waals surface area contributed by atoms with Crippen molar-refractivity contribution in [3.63, 3.8) is 0 Å². The van der Waals surface area contributed by atoms with Crippen LogP contribution in [0.5, 0.6) is 5.75 Å². The summed E-state index contributed by atoms with van der Waals surface area (Å²) in [5.74, 6) is 0.0367. The Morgan fingerprint density at radius 1 is 1.17 bits per heavy atom. The van der Waals surface area contributed by atoms with Crippen molar-refractivity contribution in [2.24, 2.45) is 0 Å².